The number of carbonyl (C=O) groups is 3. The van der Waals surface area contributed by atoms with E-state index in [9.17, 15) is 14.4 Å². The molecule has 1 fully saturated rings. The number of nitrogens with one attached hydrogen (secondary N) is 2. The molecule has 10 heteroatoms. The number of carboxylic acids is 2. The zero-order valence-electron chi connectivity index (χ0n) is 16.4. The summed E-state index contributed by atoms with van der Waals surface area (Å²) in [6.07, 6.45) is 0.921. The minimum Gasteiger partial charge on any atom is -0.481 e. The molecule has 0 spiro atoms. The third kappa shape index (κ3) is 7.00. The second kappa shape index (κ2) is 10.2. The number of hydrogen-bond donors (Lipinski definition) is 6. The highest BCUT2D eigenvalue weighted by atomic mass is 16.4. The van der Waals surface area contributed by atoms with E-state index >= 15 is 0 Å². The molecule has 1 aromatic carbocycles. The first-order valence-electron chi connectivity index (χ1n) is 9.49. The van der Waals surface area contributed by atoms with E-state index in [2.05, 4.69) is 10.6 Å². The highest BCUT2D eigenvalue weighted by molar-refractivity contribution is 5.96. The lowest BCUT2D eigenvalue weighted by molar-refractivity contribution is -0.140. The van der Waals surface area contributed by atoms with E-state index in [-0.39, 0.29) is 31.1 Å². The van der Waals surface area contributed by atoms with E-state index in [1.54, 1.807) is 24.3 Å². The fourth-order valence-electron chi connectivity index (χ4n) is 3.42. The number of rotatable bonds is 9. The van der Waals surface area contributed by atoms with Crippen molar-refractivity contribution in [1.82, 2.24) is 10.6 Å². The van der Waals surface area contributed by atoms with E-state index in [1.165, 1.54) is 0 Å². The van der Waals surface area contributed by atoms with Crippen molar-refractivity contribution in [3.63, 3.8) is 0 Å². The number of carboxylic acid groups (broad SMARTS) is 2. The molecular formula is C19H29N5O5. The number of nitrogens with zero attached hydrogens (tertiary/aromatic N) is 1. The number of piperidine rings is 1. The molecule has 1 aliphatic heterocycles. The Morgan fingerprint density at radius 1 is 1.21 bits per heavy atom. The van der Waals surface area contributed by atoms with Crippen LogP contribution in [0.25, 0.3) is 0 Å². The van der Waals surface area contributed by atoms with Gasteiger partial charge in [0.05, 0.1) is 6.17 Å². The Morgan fingerprint density at radius 3 is 2.41 bits per heavy atom. The minimum atomic E-state index is -1.27. The van der Waals surface area contributed by atoms with E-state index in [4.69, 9.17) is 21.7 Å². The monoisotopic (exact) mass is 407 g/mol. The third-order valence-corrected chi connectivity index (χ3v) is 4.91. The zero-order chi connectivity index (χ0) is 21.6. The second-order valence-corrected chi connectivity index (χ2v) is 7.43. The Bertz CT molecular complexity index is 716. The van der Waals surface area contributed by atoms with Crippen molar-refractivity contribution in [1.29, 1.82) is 0 Å². The molecule has 29 heavy (non-hydrogen) atoms. The SMILES string of the molecule is CN(CC1CC(N)CC(N)N1)c1ccc(C(=O)N[C@@H](CCC(=O)O)C(=O)O)cc1. The first-order valence-corrected chi connectivity index (χ1v) is 9.49. The zero-order valence-corrected chi connectivity index (χ0v) is 16.4. The maximum absolute atomic E-state index is 12.3. The number of benzene rings is 1. The van der Waals surface area contributed by atoms with Crippen molar-refractivity contribution in [3.8, 4) is 0 Å². The summed E-state index contributed by atoms with van der Waals surface area (Å²) in [6, 6.07) is 5.71. The molecule has 160 valence electrons. The van der Waals surface area contributed by atoms with E-state index in [1.807, 2.05) is 11.9 Å². The van der Waals surface area contributed by atoms with Gasteiger partial charge in [-0.1, -0.05) is 0 Å². The van der Waals surface area contributed by atoms with Gasteiger partial charge in [-0.2, -0.15) is 0 Å². The minimum absolute atomic E-state index is 0.0685. The average molecular weight is 407 g/mol. The Kier molecular flexibility index (Phi) is 7.94. The summed E-state index contributed by atoms with van der Waals surface area (Å²) < 4.78 is 0. The van der Waals surface area contributed by atoms with Crippen molar-refractivity contribution in [3.05, 3.63) is 29.8 Å². The molecule has 4 atom stereocenters. The van der Waals surface area contributed by atoms with Crippen LogP contribution in [0.1, 0.15) is 36.0 Å². The Hall–Kier alpha value is -2.69. The maximum Gasteiger partial charge on any atom is 0.326 e. The van der Waals surface area contributed by atoms with Gasteiger partial charge in [-0.3, -0.25) is 14.9 Å². The van der Waals surface area contributed by atoms with Crippen molar-refractivity contribution in [2.45, 2.75) is 50.0 Å². The first kappa shape index (κ1) is 22.6. The van der Waals surface area contributed by atoms with Gasteiger partial charge in [0.2, 0.25) is 0 Å². The summed E-state index contributed by atoms with van der Waals surface area (Å²) in [6.45, 7) is 0.698. The van der Waals surface area contributed by atoms with Crippen molar-refractivity contribution in [2.24, 2.45) is 11.5 Å². The van der Waals surface area contributed by atoms with Crippen LogP contribution < -0.4 is 27.0 Å². The molecule has 1 aromatic rings. The van der Waals surface area contributed by atoms with Gasteiger partial charge in [0.25, 0.3) is 5.91 Å². The lowest BCUT2D eigenvalue weighted by atomic mass is 9.97. The van der Waals surface area contributed by atoms with Crippen molar-refractivity contribution in [2.75, 3.05) is 18.5 Å². The van der Waals surface area contributed by atoms with Crippen LogP contribution in [0, 0.1) is 0 Å². The van der Waals surface area contributed by atoms with Crippen LogP contribution in [-0.2, 0) is 9.59 Å². The van der Waals surface area contributed by atoms with Crippen LogP contribution in [0.4, 0.5) is 5.69 Å². The molecule has 0 saturated carbocycles. The van der Waals surface area contributed by atoms with Gasteiger partial charge < -0.3 is 31.9 Å². The average Bonchev–Trinajstić information content (AvgIpc) is 2.63. The standard InChI is InChI=1S/C19H29N5O5/c1-24(10-13-8-12(20)9-16(21)22-13)14-4-2-11(3-5-14)18(27)23-15(19(28)29)6-7-17(25)26/h2-5,12-13,15-16,22H,6-10,20-21H2,1H3,(H,23,27)(H,25,26)(H,28,29)/t12?,13?,15-,16?/m0/s1. The van der Waals surface area contributed by atoms with Gasteiger partial charge in [0.15, 0.2) is 0 Å². The van der Waals surface area contributed by atoms with Gasteiger partial charge in [0, 0.05) is 43.3 Å². The van der Waals surface area contributed by atoms with Crippen LogP contribution in [0.3, 0.4) is 0 Å². The summed E-state index contributed by atoms with van der Waals surface area (Å²) in [5.74, 6) is -2.96. The predicted molar refractivity (Wildman–Crippen MR) is 108 cm³/mol. The van der Waals surface area contributed by atoms with Crippen LogP contribution in [0.15, 0.2) is 24.3 Å². The molecule has 1 saturated heterocycles. The van der Waals surface area contributed by atoms with Gasteiger partial charge in [0.1, 0.15) is 6.04 Å². The Balaban J connectivity index is 1.94. The molecule has 1 aliphatic rings. The van der Waals surface area contributed by atoms with Crippen LogP contribution in [0.2, 0.25) is 0 Å². The smallest absolute Gasteiger partial charge is 0.326 e. The van der Waals surface area contributed by atoms with Gasteiger partial charge in [-0.15, -0.1) is 0 Å². The predicted octanol–water partition coefficient (Wildman–Crippen LogP) is -0.465. The molecule has 0 bridgehead atoms. The number of likely N-dealkylation sites (N-methyl/N-ethyl adjacent to an activating group) is 1. The highest BCUT2D eigenvalue weighted by Gasteiger charge is 2.25. The van der Waals surface area contributed by atoms with Gasteiger partial charge in [-0.05, 0) is 43.5 Å². The number of hydrogen-bond acceptors (Lipinski definition) is 7. The summed E-state index contributed by atoms with van der Waals surface area (Å²) in [7, 11) is 1.93. The van der Waals surface area contributed by atoms with Gasteiger partial charge >= 0.3 is 11.9 Å². The number of anilines is 1. The number of nitrogens with two attached hydrogens (primary N) is 2. The molecule has 0 aromatic heterocycles. The molecule has 0 aliphatic carbocycles. The fourth-order valence-corrected chi connectivity index (χ4v) is 3.42. The topological polar surface area (TPSA) is 171 Å². The summed E-state index contributed by atoms with van der Waals surface area (Å²) in [5, 5.41) is 23.5. The fraction of sp³-hybridized carbons (Fsp3) is 0.526. The lowest BCUT2D eigenvalue weighted by Gasteiger charge is -2.35. The normalized spacial score (nSPS) is 22.5. The second-order valence-electron chi connectivity index (χ2n) is 7.43. The first-order chi connectivity index (χ1) is 13.7. The third-order valence-electron chi connectivity index (χ3n) is 4.91. The van der Waals surface area contributed by atoms with E-state index in [0.717, 1.165) is 18.5 Å². The lowest BCUT2D eigenvalue weighted by Crippen LogP contribution is -2.57. The van der Waals surface area contributed by atoms with Crippen LogP contribution in [-0.4, -0.2) is 65.9 Å². The number of aliphatic carboxylic acids is 2. The van der Waals surface area contributed by atoms with E-state index < -0.39 is 23.9 Å². The molecule has 1 amide bonds. The van der Waals surface area contributed by atoms with Crippen LogP contribution in [0.5, 0.6) is 0 Å². The molecule has 0 radical (unpaired) electrons. The number of amides is 1. The number of carbonyl (C=O) groups excluding carboxylic acids is 1. The molecular weight excluding hydrogens is 378 g/mol. The highest BCUT2D eigenvalue weighted by Crippen LogP contribution is 2.17. The summed E-state index contributed by atoms with van der Waals surface area (Å²) in [5.41, 5.74) is 13.2. The largest absolute Gasteiger partial charge is 0.481 e. The van der Waals surface area contributed by atoms with Gasteiger partial charge in [-0.25, -0.2) is 4.79 Å². The van der Waals surface area contributed by atoms with Crippen molar-refractivity contribution < 1.29 is 24.6 Å². The molecule has 10 nitrogen and oxygen atoms in total. The quantitative estimate of drug-likeness (QED) is 0.317. The maximum atomic E-state index is 12.3. The Morgan fingerprint density at radius 2 is 1.86 bits per heavy atom. The van der Waals surface area contributed by atoms with Crippen molar-refractivity contribution >= 4 is 23.5 Å². The molecule has 3 unspecified atom stereocenters. The molecule has 1 heterocycles. The molecule has 8 N–H and O–H groups in total. The summed E-state index contributed by atoms with van der Waals surface area (Å²) >= 11 is 0. The summed E-state index contributed by atoms with van der Waals surface area (Å²) in [4.78, 5) is 36.2. The van der Waals surface area contributed by atoms with E-state index in [0.29, 0.717) is 12.1 Å². The van der Waals surface area contributed by atoms with Crippen LogP contribution >= 0.6 is 0 Å². The molecule has 2 rings (SSSR count). The Labute approximate surface area is 169 Å².